The number of amides is 1. The smallest absolute Gasteiger partial charge is 0.286 e. The number of ether oxygens (including phenoxy) is 1. The van der Waals surface area contributed by atoms with E-state index in [1.165, 1.54) is 31.7 Å². The summed E-state index contributed by atoms with van der Waals surface area (Å²) < 4.78 is 5.10. The van der Waals surface area contributed by atoms with Crippen LogP contribution in [0.25, 0.3) is 6.08 Å². The van der Waals surface area contributed by atoms with Gasteiger partial charge in [0.2, 0.25) is 0 Å². The van der Waals surface area contributed by atoms with E-state index in [4.69, 9.17) is 4.74 Å². The van der Waals surface area contributed by atoms with E-state index >= 15 is 0 Å². The van der Waals surface area contributed by atoms with E-state index in [1.807, 2.05) is 0 Å². The third-order valence-electron chi connectivity index (χ3n) is 3.99. The van der Waals surface area contributed by atoms with Crippen LogP contribution in [0.2, 0.25) is 0 Å². The van der Waals surface area contributed by atoms with E-state index in [2.05, 4.69) is 9.89 Å². The van der Waals surface area contributed by atoms with Gasteiger partial charge in [-0.3, -0.25) is 4.79 Å². The summed E-state index contributed by atoms with van der Waals surface area (Å²) in [6.45, 7) is 1.94. The van der Waals surface area contributed by atoms with E-state index in [1.54, 1.807) is 24.3 Å². The number of phenolic OH excluding ortho intramolecular Hbond substituents is 1. The highest BCUT2D eigenvalue weighted by Gasteiger charge is 2.26. The molecule has 1 aromatic rings. The predicted octanol–water partition coefficient (Wildman–Crippen LogP) is 3.25. The molecular formula is C17H20N2O3S. The Morgan fingerprint density at radius 1 is 1.26 bits per heavy atom. The first-order chi connectivity index (χ1) is 11.2. The summed E-state index contributed by atoms with van der Waals surface area (Å²) in [5.74, 6) is 0.284. The average molecular weight is 332 g/mol. The Kier molecular flexibility index (Phi) is 4.91. The zero-order valence-electron chi connectivity index (χ0n) is 13.1. The van der Waals surface area contributed by atoms with Gasteiger partial charge in [-0.05, 0) is 48.4 Å². The van der Waals surface area contributed by atoms with E-state index in [0.29, 0.717) is 10.7 Å². The van der Waals surface area contributed by atoms with Crippen LogP contribution in [0.15, 0.2) is 28.1 Å². The summed E-state index contributed by atoms with van der Waals surface area (Å²) >= 11 is 1.43. The van der Waals surface area contributed by atoms with Gasteiger partial charge in [0.05, 0.1) is 12.0 Å². The maximum absolute atomic E-state index is 12.2. The number of hydrogen-bond acceptors (Lipinski definition) is 5. The molecule has 0 radical (unpaired) electrons. The molecule has 5 nitrogen and oxygen atoms in total. The molecule has 0 saturated carbocycles. The molecule has 1 N–H and O–H groups in total. The number of thioether (sulfide) groups is 1. The largest absolute Gasteiger partial charge is 0.504 e. The van der Waals surface area contributed by atoms with Crippen molar-refractivity contribution in [2.24, 2.45) is 4.99 Å². The van der Waals surface area contributed by atoms with Gasteiger partial charge >= 0.3 is 0 Å². The molecule has 1 saturated heterocycles. The second kappa shape index (κ2) is 7.08. The van der Waals surface area contributed by atoms with Gasteiger partial charge in [-0.1, -0.05) is 18.9 Å². The topological polar surface area (TPSA) is 62.1 Å². The van der Waals surface area contributed by atoms with Crippen molar-refractivity contribution in [2.45, 2.75) is 25.7 Å². The van der Waals surface area contributed by atoms with Crippen molar-refractivity contribution < 1.29 is 14.6 Å². The number of benzene rings is 1. The van der Waals surface area contributed by atoms with Crippen molar-refractivity contribution in [2.75, 3.05) is 20.2 Å². The molecule has 2 aliphatic heterocycles. The molecule has 0 atom stereocenters. The van der Waals surface area contributed by atoms with Crippen LogP contribution in [0.3, 0.4) is 0 Å². The van der Waals surface area contributed by atoms with Gasteiger partial charge < -0.3 is 14.7 Å². The Labute approximate surface area is 140 Å². The summed E-state index contributed by atoms with van der Waals surface area (Å²) in [5, 5.41) is 10.5. The minimum atomic E-state index is -0.193. The first kappa shape index (κ1) is 15.9. The lowest BCUT2D eigenvalue weighted by molar-refractivity contribution is -0.113. The molecular weight excluding hydrogens is 312 g/mol. The van der Waals surface area contributed by atoms with Gasteiger partial charge in [-0.15, -0.1) is 0 Å². The molecule has 1 amide bonds. The molecule has 0 aromatic heterocycles. The number of amidine groups is 1. The number of aromatic hydroxyl groups is 1. The van der Waals surface area contributed by atoms with Crippen molar-refractivity contribution in [3.63, 3.8) is 0 Å². The van der Waals surface area contributed by atoms with Crippen LogP contribution in [0.1, 0.15) is 31.2 Å². The molecule has 122 valence electrons. The molecule has 2 aliphatic rings. The number of phenols is 1. The zero-order valence-corrected chi connectivity index (χ0v) is 13.9. The SMILES string of the molecule is COc1cc(/C=C2/SC(N3CCCCCC3)=NC2=O)ccc1O. The summed E-state index contributed by atoms with van der Waals surface area (Å²) in [5.41, 5.74) is 0.808. The van der Waals surface area contributed by atoms with Gasteiger partial charge in [0.15, 0.2) is 16.7 Å². The van der Waals surface area contributed by atoms with Crippen LogP contribution in [0, 0.1) is 0 Å². The van der Waals surface area contributed by atoms with E-state index in [0.717, 1.165) is 36.7 Å². The lowest BCUT2D eigenvalue weighted by Gasteiger charge is -2.20. The van der Waals surface area contributed by atoms with Gasteiger partial charge in [0.25, 0.3) is 5.91 Å². The molecule has 0 aliphatic carbocycles. The van der Waals surface area contributed by atoms with Crippen LogP contribution in [-0.4, -0.2) is 41.3 Å². The van der Waals surface area contributed by atoms with Crippen LogP contribution in [-0.2, 0) is 4.79 Å². The van der Waals surface area contributed by atoms with E-state index in [-0.39, 0.29) is 11.7 Å². The molecule has 0 spiro atoms. The number of nitrogens with zero attached hydrogens (tertiary/aromatic N) is 2. The highest BCUT2D eigenvalue weighted by Crippen LogP contribution is 2.33. The molecule has 0 bridgehead atoms. The first-order valence-electron chi connectivity index (χ1n) is 7.82. The quantitative estimate of drug-likeness (QED) is 0.842. The van der Waals surface area contributed by atoms with Gasteiger partial charge in [-0.25, -0.2) is 0 Å². The number of methoxy groups -OCH3 is 1. The summed E-state index contributed by atoms with van der Waals surface area (Å²) in [6.07, 6.45) is 6.60. The molecule has 1 fully saturated rings. The first-order valence-corrected chi connectivity index (χ1v) is 8.63. The monoisotopic (exact) mass is 332 g/mol. The molecule has 1 aromatic carbocycles. The number of likely N-dealkylation sites (tertiary alicyclic amines) is 1. The fourth-order valence-electron chi connectivity index (χ4n) is 2.73. The van der Waals surface area contributed by atoms with Crippen LogP contribution >= 0.6 is 11.8 Å². The second-order valence-electron chi connectivity index (χ2n) is 5.64. The summed E-state index contributed by atoms with van der Waals surface area (Å²) in [6, 6.07) is 5.02. The van der Waals surface area contributed by atoms with Crippen LogP contribution in [0.5, 0.6) is 11.5 Å². The predicted molar refractivity (Wildman–Crippen MR) is 92.7 cm³/mol. The van der Waals surface area contributed by atoms with Crippen LogP contribution in [0.4, 0.5) is 0 Å². The van der Waals surface area contributed by atoms with Gasteiger partial charge in [0, 0.05) is 13.1 Å². The Hall–Kier alpha value is -1.95. The Morgan fingerprint density at radius 2 is 2.00 bits per heavy atom. The second-order valence-corrected chi connectivity index (χ2v) is 6.65. The summed E-state index contributed by atoms with van der Waals surface area (Å²) in [4.78, 5) is 19.2. The minimum Gasteiger partial charge on any atom is -0.504 e. The third kappa shape index (κ3) is 3.69. The lowest BCUT2D eigenvalue weighted by atomic mass is 10.2. The molecule has 6 heteroatoms. The number of rotatable bonds is 2. The Balaban J connectivity index is 1.76. The van der Waals surface area contributed by atoms with Gasteiger partial charge in [-0.2, -0.15) is 4.99 Å². The number of hydrogen-bond donors (Lipinski definition) is 1. The Bertz CT molecular complexity index is 662. The fourth-order valence-corrected chi connectivity index (χ4v) is 3.70. The maximum atomic E-state index is 12.2. The van der Waals surface area contributed by atoms with Crippen molar-refractivity contribution in [1.82, 2.24) is 4.90 Å². The molecule has 23 heavy (non-hydrogen) atoms. The number of aliphatic imine (C=N–C) groups is 1. The maximum Gasteiger partial charge on any atom is 0.286 e. The molecule has 3 rings (SSSR count). The summed E-state index contributed by atoms with van der Waals surface area (Å²) in [7, 11) is 1.50. The van der Waals surface area contributed by atoms with E-state index < -0.39 is 0 Å². The fraction of sp³-hybridized carbons (Fsp3) is 0.412. The van der Waals surface area contributed by atoms with Gasteiger partial charge in [0.1, 0.15) is 0 Å². The number of carbonyl (C=O) groups is 1. The zero-order chi connectivity index (χ0) is 16.2. The average Bonchev–Trinajstić information content (AvgIpc) is 2.77. The van der Waals surface area contributed by atoms with Crippen molar-refractivity contribution in [3.8, 4) is 11.5 Å². The third-order valence-corrected chi connectivity index (χ3v) is 5.03. The number of carbonyl (C=O) groups excluding carboxylic acids is 1. The highest BCUT2D eigenvalue weighted by molar-refractivity contribution is 8.18. The normalized spacial score (nSPS) is 20.6. The van der Waals surface area contributed by atoms with Crippen molar-refractivity contribution in [1.29, 1.82) is 0 Å². The standard InChI is InChI=1S/C17H20N2O3S/c1-22-14-10-12(6-7-13(14)20)11-15-16(21)18-17(23-15)19-8-4-2-3-5-9-19/h6-7,10-11,20H,2-5,8-9H2,1H3/b15-11+. The van der Waals surface area contributed by atoms with Crippen molar-refractivity contribution >= 4 is 28.9 Å². The molecule has 0 unspecified atom stereocenters. The molecule has 2 heterocycles. The lowest BCUT2D eigenvalue weighted by Crippen LogP contribution is -2.28. The van der Waals surface area contributed by atoms with Crippen molar-refractivity contribution in [3.05, 3.63) is 28.7 Å². The van der Waals surface area contributed by atoms with Crippen LogP contribution < -0.4 is 4.74 Å². The highest BCUT2D eigenvalue weighted by atomic mass is 32.2. The Morgan fingerprint density at radius 3 is 2.70 bits per heavy atom. The van der Waals surface area contributed by atoms with E-state index in [9.17, 15) is 9.90 Å². The minimum absolute atomic E-state index is 0.0848.